The Morgan fingerprint density at radius 2 is 2.00 bits per heavy atom. The van der Waals surface area contributed by atoms with Crippen LogP contribution in [0.2, 0.25) is 0 Å². The van der Waals surface area contributed by atoms with Gasteiger partial charge in [-0.25, -0.2) is 0 Å². The van der Waals surface area contributed by atoms with E-state index in [1.165, 1.54) is 51.4 Å². The van der Waals surface area contributed by atoms with Crippen molar-refractivity contribution in [2.45, 2.75) is 63.5 Å². The number of halogens is 1. The van der Waals surface area contributed by atoms with E-state index < -0.39 is 0 Å². The third-order valence-corrected chi connectivity index (χ3v) is 5.42. The quantitative estimate of drug-likeness (QED) is 0.661. The maximum absolute atomic E-state index is 3.60. The molecule has 1 atom stereocenters. The lowest BCUT2D eigenvalue weighted by atomic mass is 9.85. The van der Waals surface area contributed by atoms with Crippen LogP contribution in [0.3, 0.4) is 0 Å². The summed E-state index contributed by atoms with van der Waals surface area (Å²) in [6.07, 6.45) is 11.5. The summed E-state index contributed by atoms with van der Waals surface area (Å²) in [6.45, 7) is 2.29. The number of hydrogen-bond donors (Lipinski definition) is 0. The second-order valence-electron chi connectivity index (χ2n) is 4.17. The molecule has 1 unspecified atom stereocenters. The van der Waals surface area contributed by atoms with Crippen molar-refractivity contribution in [2.24, 2.45) is 5.92 Å². The molecule has 0 amide bonds. The van der Waals surface area contributed by atoms with E-state index in [1.807, 2.05) is 10.2 Å². The standard InChI is InChI=1S/C11H21BrS/c1-2-3-9-11(13-12)10-7-5-4-6-8-10/h10-11H,2-9H2,1H3. The summed E-state index contributed by atoms with van der Waals surface area (Å²) in [5.41, 5.74) is 0. The number of rotatable bonds is 5. The molecule has 13 heavy (non-hydrogen) atoms. The lowest BCUT2D eigenvalue weighted by molar-refractivity contribution is 0.339. The molecule has 0 aromatic rings. The van der Waals surface area contributed by atoms with Crippen LogP contribution in [0.25, 0.3) is 0 Å². The Balaban J connectivity index is 2.26. The van der Waals surface area contributed by atoms with Gasteiger partial charge in [-0.1, -0.05) is 49.2 Å². The van der Waals surface area contributed by atoms with E-state index in [0.717, 1.165) is 11.2 Å². The maximum Gasteiger partial charge on any atom is 0.0185 e. The van der Waals surface area contributed by atoms with Crippen molar-refractivity contribution in [1.29, 1.82) is 0 Å². The van der Waals surface area contributed by atoms with Gasteiger partial charge in [0.15, 0.2) is 0 Å². The van der Waals surface area contributed by atoms with Crippen molar-refractivity contribution in [3.63, 3.8) is 0 Å². The first-order valence-corrected chi connectivity index (χ1v) is 8.38. The molecular weight excluding hydrogens is 244 g/mol. The topological polar surface area (TPSA) is 0 Å². The summed E-state index contributed by atoms with van der Waals surface area (Å²) in [4.78, 5) is 0. The van der Waals surface area contributed by atoms with Gasteiger partial charge in [-0.15, -0.1) is 0 Å². The summed E-state index contributed by atoms with van der Waals surface area (Å²) >= 11 is 3.60. The summed E-state index contributed by atoms with van der Waals surface area (Å²) in [7, 11) is 1.93. The first-order chi connectivity index (χ1) is 6.38. The fraction of sp³-hybridized carbons (Fsp3) is 1.00. The SMILES string of the molecule is CCCCC(SBr)C1CCCCC1. The minimum Gasteiger partial charge on any atom is -0.0798 e. The highest BCUT2D eigenvalue weighted by Crippen LogP contribution is 2.37. The van der Waals surface area contributed by atoms with Crippen LogP contribution in [0.15, 0.2) is 0 Å². The molecule has 0 nitrogen and oxygen atoms in total. The molecule has 0 aliphatic heterocycles. The van der Waals surface area contributed by atoms with Crippen molar-refractivity contribution in [1.82, 2.24) is 0 Å². The summed E-state index contributed by atoms with van der Waals surface area (Å²) in [5.74, 6) is 1.00. The summed E-state index contributed by atoms with van der Waals surface area (Å²) in [6, 6.07) is 0. The minimum absolute atomic E-state index is 0.889. The molecule has 1 aliphatic carbocycles. The summed E-state index contributed by atoms with van der Waals surface area (Å²) < 4.78 is 0. The molecule has 0 N–H and O–H groups in total. The Morgan fingerprint density at radius 3 is 2.54 bits per heavy atom. The van der Waals surface area contributed by atoms with Gasteiger partial charge in [-0.2, -0.15) is 0 Å². The first kappa shape index (κ1) is 11.9. The van der Waals surface area contributed by atoms with Gasteiger partial charge in [0.25, 0.3) is 0 Å². The van der Waals surface area contributed by atoms with Crippen LogP contribution in [0.5, 0.6) is 0 Å². The summed E-state index contributed by atoms with van der Waals surface area (Å²) in [5, 5.41) is 0.889. The highest BCUT2D eigenvalue weighted by molar-refractivity contribution is 9.50. The molecule has 1 fully saturated rings. The molecule has 78 valence electrons. The van der Waals surface area contributed by atoms with E-state index in [-0.39, 0.29) is 0 Å². The molecule has 1 saturated carbocycles. The molecule has 0 bridgehead atoms. The highest BCUT2D eigenvalue weighted by atomic mass is 79.9. The molecule has 0 heterocycles. The molecule has 1 aliphatic rings. The van der Waals surface area contributed by atoms with Crippen LogP contribution < -0.4 is 0 Å². The van der Waals surface area contributed by atoms with Crippen molar-refractivity contribution >= 4 is 25.0 Å². The fourth-order valence-corrected chi connectivity index (χ4v) is 4.41. The van der Waals surface area contributed by atoms with Gasteiger partial charge in [0.2, 0.25) is 0 Å². The van der Waals surface area contributed by atoms with Gasteiger partial charge in [-0.05, 0) is 40.0 Å². The zero-order valence-corrected chi connectivity index (χ0v) is 11.0. The van der Waals surface area contributed by atoms with Gasteiger partial charge < -0.3 is 0 Å². The van der Waals surface area contributed by atoms with Crippen LogP contribution in [-0.4, -0.2) is 5.25 Å². The lowest BCUT2D eigenvalue weighted by Gasteiger charge is -2.28. The van der Waals surface area contributed by atoms with E-state index in [0.29, 0.717) is 0 Å². The van der Waals surface area contributed by atoms with Crippen molar-refractivity contribution < 1.29 is 0 Å². The van der Waals surface area contributed by atoms with Gasteiger partial charge >= 0.3 is 0 Å². The first-order valence-electron chi connectivity index (χ1n) is 5.66. The average Bonchev–Trinajstić information content (AvgIpc) is 2.21. The van der Waals surface area contributed by atoms with Crippen LogP contribution >= 0.6 is 25.0 Å². The smallest absolute Gasteiger partial charge is 0.0185 e. The Hall–Kier alpha value is 0.830. The van der Waals surface area contributed by atoms with Crippen LogP contribution in [-0.2, 0) is 0 Å². The van der Waals surface area contributed by atoms with Crippen molar-refractivity contribution in [3.8, 4) is 0 Å². The molecule has 1 rings (SSSR count). The molecule has 0 aromatic carbocycles. The molecule has 0 spiro atoms. The van der Waals surface area contributed by atoms with E-state index in [1.54, 1.807) is 0 Å². The zero-order valence-electron chi connectivity index (χ0n) is 8.60. The predicted molar refractivity (Wildman–Crippen MR) is 66.4 cm³/mol. The average molecular weight is 265 g/mol. The van der Waals surface area contributed by atoms with E-state index in [2.05, 4.69) is 21.7 Å². The van der Waals surface area contributed by atoms with Crippen LogP contribution in [0.4, 0.5) is 0 Å². The lowest BCUT2D eigenvalue weighted by Crippen LogP contribution is -2.19. The third kappa shape index (κ3) is 4.24. The maximum atomic E-state index is 3.60. The Labute approximate surface area is 94.4 Å². The van der Waals surface area contributed by atoms with E-state index in [9.17, 15) is 0 Å². The largest absolute Gasteiger partial charge is 0.0798 e. The zero-order chi connectivity index (χ0) is 9.52. The predicted octanol–water partition coefficient (Wildman–Crippen LogP) is 5.17. The normalized spacial score (nSPS) is 21.7. The second kappa shape index (κ2) is 7.17. The van der Waals surface area contributed by atoms with Gasteiger partial charge in [-0.3, -0.25) is 0 Å². The third-order valence-electron chi connectivity index (χ3n) is 3.13. The Bertz CT molecular complexity index is 121. The molecule has 2 heteroatoms. The molecule has 0 saturated heterocycles. The molecule has 0 aromatic heterocycles. The van der Waals surface area contributed by atoms with Crippen molar-refractivity contribution in [2.75, 3.05) is 0 Å². The van der Waals surface area contributed by atoms with Crippen LogP contribution in [0.1, 0.15) is 58.3 Å². The molecule has 0 radical (unpaired) electrons. The fourth-order valence-electron chi connectivity index (χ4n) is 2.26. The van der Waals surface area contributed by atoms with Gasteiger partial charge in [0, 0.05) is 5.25 Å². The highest BCUT2D eigenvalue weighted by Gasteiger charge is 2.22. The van der Waals surface area contributed by atoms with Crippen LogP contribution in [0, 0.1) is 5.92 Å². The monoisotopic (exact) mass is 264 g/mol. The van der Waals surface area contributed by atoms with E-state index in [4.69, 9.17) is 0 Å². The van der Waals surface area contributed by atoms with Crippen molar-refractivity contribution in [3.05, 3.63) is 0 Å². The number of unbranched alkanes of at least 4 members (excludes halogenated alkanes) is 1. The van der Waals surface area contributed by atoms with Gasteiger partial charge in [0.1, 0.15) is 0 Å². The molecular formula is C11H21BrS. The van der Waals surface area contributed by atoms with Gasteiger partial charge in [0.05, 0.1) is 0 Å². The Morgan fingerprint density at radius 1 is 1.31 bits per heavy atom. The number of hydrogen-bond acceptors (Lipinski definition) is 1. The van der Waals surface area contributed by atoms with E-state index >= 15 is 0 Å². The second-order valence-corrected chi connectivity index (χ2v) is 6.07. The Kier molecular flexibility index (Phi) is 6.56. The minimum atomic E-state index is 0.889.